The molecule has 0 saturated heterocycles. The Kier molecular flexibility index (Phi) is 5.59. The van der Waals surface area contributed by atoms with Gasteiger partial charge in [-0.05, 0) is 17.7 Å². The van der Waals surface area contributed by atoms with Gasteiger partial charge < -0.3 is 5.73 Å². The lowest BCUT2D eigenvalue weighted by molar-refractivity contribution is 0.481. The van der Waals surface area contributed by atoms with Gasteiger partial charge >= 0.3 is 0 Å². The van der Waals surface area contributed by atoms with Gasteiger partial charge in [-0.2, -0.15) is 4.31 Å². The van der Waals surface area contributed by atoms with Gasteiger partial charge in [-0.1, -0.05) is 30.4 Å². The average Bonchev–Trinajstić information content (AvgIpc) is 2.27. The van der Waals surface area contributed by atoms with E-state index in [-0.39, 0.29) is 23.8 Å². The molecule has 7 heteroatoms. The number of benzene rings is 1. The van der Waals surface area contributed by atoms with Gasteiger partial charge in [0.25, 0.3) is 0 Å². The molecule has 0 aliphatic carbocycles. The lowest BCUT2D eigenvalue weighted by Gasteiger charge is -2.20. The standard InChI is InChI=1S/C12H15FN2O2S2/c1-2-6-15(8-12(14)18)19(16,17)9-10-4-3-5-11(13)7-10/h2-5,7H,1,6,8-9H2,(H2,14,18). The van der Waals surface area contributed by atoms with Crippen molar-refractivity contribution in [2.24, 2.45) is 5.73 Å². The Labute approximate surface area is 117 Å². The van der Waals surface area contributed by atoms with E-state index in [0.29, 0.717) is 5.56 Å². The average molecular weight is 302 g/mol. The molecule has 0 heterocycles. The zero-order chi connectivity index (χ0) is 14.5. The van der Waals surface area contributed by atoms with Crippen LogP contribution >= 0.6 is 12.2 Å². The SMILES string of the molecule is C=CCN(CC(N)=S)S(=O)(=O)Cc1cccc(F)c1. The molecule has 0 unspecified atom stereocenters. The Morgan fingerprint density at radius 1 is 1.53 bits per heavy atom. The predicted octanol–water partition coefficient (Wildman–Crippen LogP) is 1.43. The van der Waals surface area contributed by atoms with Crippen LogP contribution < -0.4 is 5.73 Å². The molecule has 0 atom stereocenters. The molecule has 0 aliphatic heterocycles. The number of sulfonamides is 1. The first kappa shape index (κ1) is 15.7. The minimum Gasteiger partial charge on any atom is -0.392 e. The van der Waals surface area contributed by atoms with Gasteiger partial charge in [-0.3, -0.25) is 0 Å². The van der Waals surface area contributed by atoms with Crippen LogP contribution in [0.3, 0.4) is 0 Å². The summed E-state index contributed by atoms with van der Waals surface area (Å²) in [6.45, 7) is 3.54. The van der Waals surface area contributed by atoms with Gasteiger partial charge in [-0.15, -0.1) is 6.58 Å². The highest BCUT2D eigenvalue weighted by molar-refractivity contribution is 7.88. The molecular formula is C12H15FN2O2S2. The predicted molar refractivity (Wildman–Crippen MR) is 77.6 cm³/mol. The molecule has 0 amide bonds. The van der Waals surface area contributed by atoms with E-state index in [2.05, 4.69) is 6.58 Å². The van der Waals surface area contributed by atoms with Crippen molar-refractivity contribution in [2.45, 2.75) is 5.75 Å². The van der Waals surface area contributed by atoms with E-state index in [0.717, 1.165) is 4.31 Å². The van der Waals surface area contributed by atoms with Gasteiger partial charge in [0.05, 0.1) is 17.3 Å². The third-order valence-electron chi connectivity index (χ3n) is 2.30. The van der Waals surface area contributed by atoms with Crippen molar-refractivity contribution >= 4 is 27.2 Å². The van der Waals surface area contributed by atoms with Crippen molar-refractivity contribution in [2.75, 3.05) is 13.1 Å². The van der Waals surface area contributed by atoms with Crippen LogP contribution in [0.2, 0.25) is 0 Å². The monoisotopic (exact) mass is 302 g/mol. The highest BCUT2D eigenvalue weighted by Gasteiger charge is 2.22. The molecule has 0 saturated carbocycles. The maximum absolute atomic E-state index is 13.0. The molecule has 0 spiro atoms. The molecule has 1 aromatic rings. The number of hydrogen-bond acceptors (Lipinski definition) is 3. The van der Waals surface area contributed by atoms with Crippen molar-refractivity contribution in [3.63, 3.8) is 0 Å². The van der Waals surface area contributed by atoms with E-state index in [9.17, 15) is 12.8 Å². The molecule has 1 aromatic carbocycles. The first-order valence-corrected chi connectivity index (χ1v) is 7.48. The van der Waals surface area contributed by atoms with Gasteiger partial charge in [0.2, 0.25) is 10.0 Å². The van der Waals surface area contributed by atoms with Gasteiger partial charge in [0.15, 0.2) is 0 Å². The van der Waals surface area contributed by atoms with Crippen LogP contribution in [0.25, 0.3) is 0 Å². The molecule has 0 radical (unpaired) electrons. The number of thiocarbonyl (C=S) groups is 1. The lowest BCUT2D eigenvalue weighted by atomic mass is 10.2. The van der Waals surface area contributed by atoms with E-state index in [1.165, 1.54) is 24.3 Å². The zero-order valence-corrected chi connectivity index (χ0v) is 11.9. The molecular weight excluding hydrogens is 287 g/mol. The zero-order valence-electron chi connectivity index (χ0n) is 10.3. The van der Waals surface area contributed by atoms with Crippen LogP contribution in [0.15, 0.2) is 36.9 Å². The molecule has 0 aliphatic rings. The topological polar surface area (TPSA) is 63.4 Å². The van der Waals surface area contributed by atoms with E-state index in [1.807, 2.05) is 0 Å². The molecule has 104 valence electrons. The van der Waals surface area contributed by atoms with Crippen molar-refractivity contribution in [3.8, 4) is 0 Å². The van der Waals surface area contributed by atoms with Crippen molar-refractivity contribution in [1.82, 2.24) is 4.31 Å². The molecule has 0 bridgehead atoms. The smallest absolute Gasteiger partial charge is 0.218 e. The fraction of sp³-hybridized carbons (Fsp3) is 0.250. The minimum atomic E-state index is -3.62. The van der Waals surface area contributed by atoms with Crippen LogP contribution in [0.1, 0.15) is 5.56 Å². The highest BCUT2D eigenvalue weighted by Crippen LogP contribution is 2.12. The summed E-state index contributed by atoms with van der Waals surface area (Å²) in [6, 6.07) is 5.45. The van der Waals surface area contributed by atoms with Crippen LogP contribution in [0.4, 0.5) is 4.39 Å². The third-order valence-corrected chi connectivity index (χ3v) is 4.19. The number of nitrogens with zero attached hydrogens (tertiary/aromatic N) is 1. The Morgan fingerprint density at radius 3 is 2.74 bits per heavy atom. The second kappa shape index (κ2) is 6.74. The molecule has 0 aromatic heterocycles. The Balaban J connectivity index is 2.94. The first-order valence-electron chi connectivity index (χ1n) is 5.46. The second-order valence-corrected chi connectivity index (χ2v) is 6.43. The fourth-order valence-electron chi connectivity index (χ4n) is 1.52. The summed E-state index contributed by atoms with van der Waals surface area (Å²) in [6.07, 6.45) is 1.45. The van der Waals surface area contributed by atoms with Crippen molar-refractivity contribution in [3.05, 3.63) is 48.3 Å². The van der Waals surface area contributed by atoms with E-state index in [1.54, 1.807) is 6.07 Å². The summed E-state index contributed by atoms with van der Waals surface area (Å²) in [5.74, 6) is -0.779. The molecule has 4 nitrogen and oxygen atoms in total. The van der Waals surface area contributed by atoms with E-state index >= 15 is 0 Å². The molecule has 19 heavy (non-hydrogen) atoms. The largest absolute Gasteiger partial charge is 0.392 e. The van der Waals surface area contributed by atoms with E-state index in [4.69, 9.17) is 18.0 Å². The van der Waals surface area contributed by atoms with Gasteiger partial charge in [-0.25, -0.2) is 12.8 Å². The van der Waals surface area contributed by atoms with Crippen LogP contribution in [0, 0.1) is 5.82 Å². The summed E-state index contributed by atoms with van der Waals surface area (Å²) in [5.41, 5.74) is 5.74. The fourth-order valence-corrected chi connectivity index (χ4v) is 3.21. The van der Waals surface area contributed by atoms with Crippen LogP contribution in [0.5, 0.6) is 0 Å². The lowest BCUT2D eigenvalue weighted by Crippen LogP contribution is -2.38. The third kappa shape index (κ3) is 5.06. The highest BCUT2D eigenvalue weighted by atomic mass is 32.2. The summed E-state index contributed by atoms with van der Waals surface area (Å²) in [4.78, 5) is 0.0738. The summed E-state index contributed by atoms with van der Waals surface area (Å²) in [5, 5.41) is 0. The Morgan fingerprint density at radius 2 is 2.21 bits per heavy atom. The van der Waals surface area contributed by atoms with Crippen LogP contribution in [-0.2, 0) is 15.8 Å². The molecule has 1 rings (SSSR count). The maximum atomic E-state index is 13.0. The van der Waals surface area contributed by atoms with Crippen molar-refractivity contribution < 1.29 is 12.8 Å². The normalized spacial score (nSPS) is 11.5. The van der Waals surface area contributed by atoms with Gasteiger partial charge in [0.1, 0.15) is 5.82 Å². The minimum absolute atomic E-state index is 0.0565. The maximum Gasteiger partial charge on any atom is 0.218 e. The quantitative estimate of drug-likeness (QED) is 0.611. The Bertz CT molecular complexity index is 573. The van der Waals surface area contributed by atoms with Crippen molar-refractivity contribution in [1.29, 1.82) is 0 Å². The van der Waals surface area contributed by atoms with Crippen LogP contribution in [-0.4, -0.2) is 30.8 Å². The summed E-state index contributed by atoms with van der Waals surface area (Å²) >= 11 is 4.72. The second-order valence-electron chi connectivity index (χ2n) is 3.93. The van der Waals surface area contributed by atoms with E-state index < -0.39 is 15.8 Å². The number of halogens is 1. The summed E-state index contributed by atoms with van der Waals surface area (Å²) in [7, 11) is -3.62. The number of rotatable bonds is 7. The summed E-state index contributed by atoms with van der Waals surface area (Å²) < 4.78 is 38.5. The number of nitrogens with two attached hydrogens (primary N) is 1. The molecule has 2 N–H and O–H groups in total. The number of hydrogen-bond donors (Lipinski definition) is 1. The Hall–Kier alpha value is -1.31. The van der Waals surface area contributed by atoms with Gasteiger partial charge in [0, 0.05) is 6.54 Å². The first-order chi connectivity index (χ1) is 8.85. The molecule has 0 fully saturated rings.